The smallest absolute Gasteiger partial charge is 0.270 e. The minimum Gasteiger partial charge on any atom is -0.348 e. The zero-order valence-corrected chi connectivity index (χ0v) is 13.6. The first-order valence-corrected chi connectivity index (χ1v) is 7.63. The summed E-state index contributed by atoms with van der Waals surface area (Å²) < 4.78 is 1.79. The molecule has 6 nitrogen and oxygen atoms in total. The molecule has 1 aliphatic rings. The lowest BCUT2D eigenvalue weighted by Crippen LogP contribution is -2.46. The summed E-state index contributed by atoms with van der Waals surface area (Å²) in [7, 11) is 6.06. The van der Waals surface area contributed by atoms with Gasteiger partial charge in [-0.05, 0) is 33.9 Å². The molecule has 0 saturated carbocycles. The van der Waals surface area contributed by atoms with Crippen LogP contribution in [0.3, 0.4) is 0 Å². The molecule has 0 aliphatic carbocycles. The second-order valence-corrected chi connectivity index (χ2v) is 6.18. The van der Waals surface area contributed by atoms with Crippen LogP contribution in [0.2, 0.25) is 0 Å². The lowest BCUT2D eigenvalue weighted by atomic mass is 10.0. The van der Waals surface area contributed by atoms with Gasteiger partial charge in [-0.1, -0.05) is 0 Å². The van der Waals surface area contributed by atoms with Crippen molar-refractivity contribution in [1.82, 2.24) is 24.7 Å². The molecule has 1 aliphatic heterocycles. The van der Waals surface area contributed by atoms with E-state index in [1.807, 2.05) is 14.0 Å². The third-order valence-corrected chi connectivity index (χ3v) is 4.12. The Hall–Kier alpha value is -1.40. The molecule has 1 N–H and O–H groups in total. The Bertz CT molecular complexity index is 455. The molecule has 0 spiro atoms. The molecule has 1 aromatic rings. The Kier molecular flexibility index (Phi) is 5.36. The van der Waals surface area contributed by atoms with Crippen LogP contribution >= 0.6 is 0 Å². The number of carbonyl (C=O) groups is 1. The molecule has 118 valence electrons. The van der Waals surface area contributed by atoms with E-state index in [4.69, 9.17) is 0 Å². The molecule has 21 heavy (non-hydrogen) atoms. The number of carbonyl (C=O) groups excluding carboxylic acids is 1. The molecular formula is C15H27N5O. The highest BCUT2D eigenvalue weighted by atomic mass is 16.2. The number of aryl methyl sites for hydroxylation is 2. The molecule has 1 aromatic heterocycles. The topological polar surface area (TPSA) is 53.4 Å². The van der Waals surface area contributed by atoms with Crippen molar-refractivity contribution in [3.8, 4) is 0 Å². The van der Waals surface area contributed by atoms with Crippen LogP contribution < -0.4 is 5.32 Å². The van der Waals surface area contributed by atoms with Gasteiger partial charge in [0, 0.05) is 39.3 Å². The predicted molar refractivity (Wildman–Crippen MR) is 83.4 cm³/mol. The van der Waals surface area contributed by atoms with Crippen molar-refractivity contribution in [1.29, 1.82) is 0 Å². The molecule has 0 bridgehead atoms. The Balaban J connectivity index is 1.80. The SMILES string of the molecule is Cc1ncn(C)c1C(=O)NC1CCN(CCN(C)C)CC1. The largest absolute Gasteiger partial charge is 0.348 e. The highest BCUT2D eigenvalue weighted by molar-refractivity contribution is 5.93. The van der Waals surface area contributed by atoms with E-state index < -0.39 is 0 Å². The molecule has 0 radical (unpaired) electrons. The number of amides is 1. The van der Waals surface area contributed by atoms with Gasteiger partial charge >= 0.3 is 0 Å². The van der Waals surface area contributed by atoms with Gasteiger partial charge in [-0.2, -0.15) is 0 Å². The van der Waals surface area contributed by atoms with Crippen LogP contribution in [0.25, 0.3) is 0 Å². The van der Waals surface area contributed by atoms with Gasteiger partial charge in [0.1, 0.15) is 5.69 Å². The normalized spacial score (nSPS) is 17.4. The number of hydrogen-bond donors (Lipinski definition) is 1. The number of piperidine rings is 1. The van der Waals surface area contributed by atoms with E-state index in [1.54, 1.807) is 10.9 Å². The fraction of sp³-hybridized carbons (Fsp3) is 0.733. The average Bonchev–Trinajstić information content (AvgIpc) is 2.77. The first-order valence-electron chi connectivity index (χ1n) is 7.63. The average molecular weight is 293 g/mol. The summed E-state index contributed by atoms with van der Waals surface area (Å²) in [5.41, 5.74) is 1.46. The summed E-state index contributed by atoms with van der Waals surface area (Å²) in [5.74, 6) is -0.000702. The van der Waals surface area contributed by atoms with Crippen LogP contribution in [-0.4, -0.2) is 71.6 Å². The fourth-order valence-electron chi connectivity index (χ4n) is 2.77. The first kappa shape index (κ1) is 16.0. The van der Waals surface area contributed by atoms with Crippen molar-refractivity contribution in [3.05, 3.63) is 17.7 Å². The number of likely N-dealkylation sites (tertiary alicyclic amines) is 1. The van der Waals surface area contributed by atoms with Gasteiger partial charge in [0.05, 0.1) is 12.0 Å². The third kappa shape index (κ3) is 4.28. The Morgan fingerprint density at radius 1 is 1.43 bits per heavy atom. The van der Waals surface area contributed by atoms with Gasteiger partial charge in [-0.3, -0.25) is 4.79 Å². The van der Waals surface area contributed by atoms with Crippen molar-refractivity contribution in [3.63, 3.8) is 0 Å². The van der Waals surface area contributed by atoms with E-state index in [2.05, 4.69) is 34.2 Å². The first-order chi connectivity index (χ1) is 9.97. The highest BCUT2D eigenvalue weighted by Crippen LogP contribution is 2.12. The molecule has 2 heterocycles. The van der Waals surface area contributed by atoms with Crippen molar-refractivity contribution in [2.24, 2.45) is 7.05 Å². The van der Waals surface area contributed by atoms with Crippen molar-refractivity contribution in [2.45, 2.75) is 25.8 Å². The summed E-state index contributed by atoms with van der Waals surface area (Å²) >= 11 is 0. The number of nitrogens with zero attached hydrogens (tertiary/aromatic N) is 4. The van der Waals surface area contributed by atoms with E-state index in [0.717, 1.165) is 44.7 Å². The van der Waals surface area contributed by atoms with Gasteiger partial charge in [-0.25, -0.2) is 4.98 Å². The minimum absolute atomic E-state index is 0.000702. The zero-order chi connectivity index (χ0) is 15.4. The number of nitrogens with one attached hydrogen (secondary N) is 1. The molecule has 6 heteroatoms. The second-order valence-electron chi connectivity index (χ2n) is 6.18. The lowest BCUT2D eigenvalue weighted by molar-refractivity contribution is 0.0900. The maximum absolute atomic E-state index is 12.3. The summed E-state index contributed by atoms with van der Waals surface area (Å²) in [5, 5.41) is 3.15. The molecule has 0 unspecified atom stereocenters. The van der Waals surface area contributed by atoms with Gasteiger partial charge < -0.3 is 19.7 Å². The van der Waals surface area contributed by atoms with Crippen molar-refractivity contribution >= 4 is 5.91 Å². The summed E-state index contributed by atoms with van der Waals surface area (Å²) in [6, 6.07) is 0.280. The number of rotatable bonds is 5. The predicted octanol–water partition coefficient (Wildman–Crippen LogP) is 0.484. The maximum atomic E-state index is 12.3. The highest BCUT2D eigenvalue weighted by Gasteiger charge is 2.22. The van der Waals surface area contributed by atoms with Crippen molar-refractivity contribution < 1.29 is 4.79 Å². The third-order valence-electron chi connectivity index (χ3n) is 4.12. The molecule has 1 amide bonds. The zero-order valence-electron chi connectivity index (χ0n) is 13.6. The fourth-order valence-corrected chi connectivity index (χ4v) is 2.77. The van der Waals surface area contributed by atoms with E-state index in [0.29, 0.717) is 5.69 Å². The van der Waals surface area contributed by atoms with Crippen LogP contribution in [0.4, 0.5) is 0 Å². The van der Waals surface area contributed by atoms with Gasteiger partial charge in [0.2, 0.25) is 0 Å². The second kappa shape index (κ2) is 7.04. The summed E-state index contributed by atoms with van der Waals surface area (Å²) in [4.78, 5) is 21.2. The van der Waals surface area contributed by atoms with E-state index in [1.165, 1.54) is 0 Å². The number of aromatic nitrogens is 2. The standard InChI is InChI=1S/C15H27N5O/c1-12-14(19(4)11-16-12)15(21)17-13-5-7-20(8-6-13)10-9-18(2)3/h11,13H,5-10H2,1-4H3,(H,17,21). The number of hydrogen-bond acceptors (Lipinski definition) is 4. The van der Waals surface area contributed by atoms with Gasteiger partial charge in [0.25, 0.3) is 5.91 Å². The Labute approximate surface area is 127 Å². The van der Waals surface area contributed by atoms with Crippen LogP contribution in [0.15, 0.2) is 6.33 Å². The number of imidazole rings is 1. The van der Waals surface area contributed by atoms with Crippen LogP contribution in [-0.2, 0) is 7.05 Å². The molecule has 0 aromatic carbocycles. The van der Waals surface area contributed by atoms with E-state index in [-0.39, 0.29) is 11.9 Å². The van der Waals surface area contributed by atoms with Crippen LogP contribution in [0.1, 0.15) is 29.0 Å². The van der Waals surface area contributed by atoms with E-state index >= 15 is 0 Å². The Morgan fingerprint density at radius 2 is 2.10 bits per heavy atom. The summed E-state index contributed by atoms with van der Waals surface area (Å²) in [6.45, 7) is 6.19. The van der Waals surface area contributed by atoms with Crippen LogP contribution in [0, 0.1) is 6.92 Å². The summed E-state index contributed by atoms with van der Waals surface area (Å²) in [6.07, 6.45) is 3.74. The number of likely N-dealkylation sites (N-methyl/N-ethyl adjacent to an activating group) is 1. The van der Waals surface area contributed by atoms with E-state index in [9.17, 15) is 4.79 Å². The quantitative estimate of drug-likeness (QED) is 0.858. The minimum atomic E-state index is -0.000702. The van der Waals surface area contributed by atoms with Crippen molar-refractivity contribution in [2.75, 3.05) is 40.3 Å². The van der Waals surface area contributed by atoms with Crippen LogP contribution in [0.5, 0.6) is 0 Å². The maximum Gasteiger partial charge on any atom is 0.270 e. The molecule has 1 saturated heterocycles. The molecule has 0 atom stereocenters. The monoisotopic (exact) mass is 293 g/mol. The molecular weight excluding hydrogens is 266 g/mol. The Morgan fingerprint density at radius 3 is 2.62 bits per heavy atom. The molecule has 1 fully saturated rings. The lowest BCUT2D eigenvalue weighted by Gasteiger charge is -2.33. The van der Waals surface area contributed by atoms with Gasteiger partial charge in [-0.15, -0.1) is 0 Å². The van der Waals surface area contributed by atoms with Gasteiger partial charge in [0.15, 0.2) is 0 Å². The molecule has 2 rings (SSSR count).